The Morgan fingerprint density at radius 2 is 2.11 bits per heavy atom. The first-order valence-corrected chi connectivity index (χ1v) is 6.19. The van der Waals surface area contributed by atoms with Gasteiger partial charge in [0.05, 0.1) is 11.6 Å². The molecule has 1 aliphatic heterocycles. The Bertz CT molecular complexity index is 618. The third kappa shape index (κ3) is 2.05. The molecule has 2 aromatic rings. The third-order valence-electron chi connectivity index (χ3n) is 3.43. The molecule has 19 heavy (non-hydrogen) atoms. The van der Waals surface area contributed by atoms with Crippen molar-refractivity contribution in [3.05, 3.63) is 41.2 Å². The van der Waals surface area contributed by atoms with E-state index in [-0.39, 0.29) is 11.6 Å². The fourth-order valence-corrected chi connectivity index (χ4v) is 2.53. The normalized spacial score (nSPS) is 18.0. The Kier molecular flexibility index (Phi) is 2.70. The molecule has 0 saturated carbocycles. The van der Waals surface area contributed by atoms with E-state index in [2.05, 4.69) is 10.1 Å². The zero-order valence-electron chi connectivity index (χ0n) is 10.3. The smallest absolute Gasteiger partial charge is 0.335 e. The first kappa shape index (κ1) is 11.7. The van der Waals surface area contributed by atoms with Crippen molar-refractivity contribution in [2.45, 2.75) is 25.3 Å². The molecule has 0 radical (unpaired) electrons. The maximum atomic E-state index is 10.8. The second-order valence-corrected chi connectivity index (χ2v) is 4.67. The molecule has 1 aromatic heterocycles. The minimum atomic E-state index is -0.916. The predicted octanol–water partition coefficient (Wildman–Crippen LogP) is 1.48. The van der Waals surface area contributed by atoms with E-state index in [1.165, 1.54) is 0 Å². The van der Waals surface area contributed by atoms with E-state index >= 15 is 0 Å². The van der Waals surface area contributed by atoms with Crippen molar-refractivity contribution < 1.29 is 9.90 Å². The van der Waals surface area contributed by atoms with Crippen molar-refractivity contribution in [1.82, 2.24) is 14.8 Å². The SMILES string of the molecule is Nc1nc2n(n1)C(c1ccc(C(=O)O)cc1)CCC2. The number of hydrogen-bond donors (Lipinski definition) is 2. The summed E-state index contributed by atoms with van der Waals surface area (Å²) in [4.78, 5) is 15.1. The topological polar surface area (TPSA) is 94.0 Å². The Hall–Kier alpha value is -2.37. The lowest BCUT2D eigenvalue weighted by molar-refractivity contribution is 0.0697. The van der Waals surface area contributed by atoms with Crippen LogP contribution in [-0.2, 0) is 6.42 Å². The van der Waals surface area contributed by atoms with Crippen molar-refractivity contribution in [2.24, 2.45) is 0 Å². The van der Waals surface area contributed by atoms with Gasteiger partial charge in [0.25, 0.3) is 0 Å². The standard InChI is InChI=1S/C13H14N4O2/c14-13-15-11-3-1-2-10(17(11)16-13)8-4-6-9(7-5-8)12(18)19/h4-7,10H,1-3H2,(H2,14,16)(H,18,19). The molecule has 6 nitrogen and oxygen atoms in total. The molecule has 0 bridgehead atoms. The lowest BCUT2D eigenvalue weighted by Crippen LogP contribution is -2.20. The maximum absolute atomic E-state index is 10.8. The molecule has 0 fully saturated rings. The van der Waals surface area contributed by atoms with Crippen LogP contribution in [0.1, 0.15) is 40.6 Å². The number of fused-ring (bicyclic) bond motifs is 1. The quantitative estimate of drug-likeness (QED) is 0.851. The Balaban J connectivity index is 1.96. The number of carboxylic acid groups (broad SMARTS) is 1. The number of hydrogen-bond acceptors (Lipinski definition) is 4. The number of nitrogens with zero attached hydrogens (tertiary/aromatic N) is 3. The molecule has 1 aromatic carbocycles. The number of benzene rings is 1. The second kappa shape index (κ2) is 4.38. The maximum Gasteiger partial charge on any atom is 0.335 e. The van der Waals surface area contributed by atoms with Gasteiger partial charge < -0.3 is 10.8 Å². The summed E-state index contributed by atoms with van der Waals surface area (Å²) < 4.78 is 1.86. The van der Waals surface area contributed by atoms with Crippen molar-refractivity contribution in [1.29, 1.82) is 0 Å². The van der Waals surface area contributed by atoms with E-state index < -0.39 is 5.97 Å². The number of carboxylic acids is 1. The molecule has 0 saturated heterocycles. The van der Waals surface area contributed by atoms with E-state index in [1.54, 1.807) is 12.1 Å². The van der Waals surface area contributed by atoms with Crippen LogP contribution in [0.4, 0.5) is 5.95 Å². The van der Waals surface area contributed by atoms with Crippen molar-refractivity contribution in [3.8, 4) is 0 Å². The van der Waals surface area contributed by atoms with Gasteiger partial charge in [-0.15, -0.1) is 5.10 Å². The van der Waals surface area contributed by atoms with Gasteiger partial charge in [-0.2, -0.15) is 4.98 Å². The number of aromatic nitrogens is 3. The lowest BCUT2D eigenvalue weighted by atomic mass is 9.97. The van der Waals surface area contributed by atoms with Crippen molar-refractivity contribution >= 4 is 11.9 Å². The molecular weight excluding hydrogens is 244 g/mol. The molecule has 3 N–H and O–H groups in total. The van der Waals surface area contributed by atoms with Crippen LogP contribution in [0.3, 0.4) is 0 Å². The highest BCUT2D eigenvalue weighted by molar-refractivity contribution is 5.87. The summed E-state index contributed by atoms with van der Waals surface area (Å²) in [5.74, 6) is 0.279. The van der Waals surface area contributed by atoms with Crippen LogP contribution in [0.2, 0.25) is 0 Å². The number of aryl methyl sites for hydroxylation is 1. The largest absolute Gasteiger partial charge is 0.478 e. The van der Waals surface area contributed by atoms with Crippen molar-refractivity contribution in [2.75, 3.05) is 5.73 Å². The Morgan fingerprint density at radius 1 is 1.37 bits per heavy atom. The molecule has 98 valence electrons. The van der Waals surface area contributed by atoms with Crippen LogP contribution in [-0.4, -0.2) is 25.8 Å². The van der Waals surface area contributed by atoms with Crippen LogP contribution >= 0.6 is 0 Å². The highest BCUT2D eigenvalue weighted by atomic mass is 16.4. The Labute approximate surface area is 109 Å². The number of rotatable bonds is 2. The fraction of sp³-hybridized carbons (Fsp3) is 0.308. The number of anilines is 1. The summed E-state index contributed by atoms with van der Waals surface area (Å²) in [5.41, 5.74) is 6.97. The highest BCUT2D eigenvalue weighted by Crippen LogP contribution is 2.29. The summed E-state index contributed by atoms with van der Waals surface area (Å²) in [5, 5.41) is 13.1. The number of carbonyl (C=O) groups is 1. The van der Waals surface area contributed by atoms with E-state index in [4.69, 9.17) is 10.8 Å². The van der Waals surface area contributed by atoms with Gasteiger partial charge in [0.2, 0.25) is 5.95 Å². The predicted molar refractivity (Wildman–Crippen MR) is 68.9 cm³/mol. The monoisotopic (exact) mass is 258 g/mol. The molecule has 1 unspecified atom stereocenters. The van der Waals surface area contributed by atoms with Gasteiger partial charge >= 0.3 is 5.97 Å². The van der Waals surface area contributed by atoms with Gasteiger partial charge in [0.15, 0.2) is 0 Å². The van der Waals surface area contributed by atoms with Gasteiger partial charge in [-0.25, -0.2) is 9.48 Å². The van der Waals surface area contributed by atoms with E-state index in [1.807, 2.05) is 16.8 Å². The van der Waals surface area contributed by atoms with Gasteiger partial charge in [-0.3, -0.25) is 0 Å². The number of nitrogens with two attached hydrogens (primary N) is 1. The van der Waals surface area contributed by atoms with Gasteiger partial charge in [0.1, 0.15) is 5.82 Å². The third-order valence-corrected chi connectivity index (χ3v) is 3.43. The molecular formula is C13H14N4O2. The number of aromatic carboxylic acids is 1. The van der Waals surface area contributed by atoms with Gasteiger partial charge in [0, 0.05) is 6.42 Å². The summed E-state index contributed by atoms with van der Waals surface area (Å²) in [6.45, 7) is 0. The highest BCUT2D eigenvalue weighted by Gasteiger charge is 2.24. The van der Waals surface area contributed by atoms with Crippen LogP contribution in [0, 0.1) is 0 Å². The summed E-state index contributed by atoms with van der Waals surface area (Å²) in [7, 11) is 0. The lowest BCUT2D eigenvalue weighted by Gasteiger charge is -2.23. The molecule has 0 aliphatic carbocycles. The summed E-state index contributed by atoms with van der Waals surface area (Å²) in [6.07, 6.45) is 2.87. The van der Waals surface area contributed by atoms with Crippen molar-refractivity contribution in [3.63, 3.8) is 0 Å². The summed E-state index contributed by atoms with van der Waals surface area (Å²) in [6, 6.07) is 7.00. The van der Waals surface area contributed by atoms with Crippen LogP contribution in [0.25, 0.3) is 0 Å². The Morgan fingerprint density at radius 3 is 2.79 bits per heavy atom. The molecule has 3 rings (SSSR count). The average molecular weight is 258 g/mol. The second-order valence-electron chi connectivity index (χ2n) is 4.67. The van der Waals surface area contributed by atoms with E-state index in [0.717, 1.165) is 30.7 Å². The molecule has 1 aliphatic rings. The molecule has 0 amide bonds. The zero-order valence-corrected chi connectivity index (χ0v) is 10.3. The minimum absolute atomic E-state index is 0.0939. The first-order chi connectivity index (χ1) is 9.15. The van der Waals surface area contributed by atoms with Gasteiger partial charge in [-0.1, -0.05) is 12.1 Å². The van der Waals surface area contributed by atoms with E-state index in [0.29, 0.717) is 5.95 Å². The van der Waals surface area contributed by atoms with Crippen LogP contribution in [0.5, 0.6) is 0 Å². The molecule has 0 spiro atoms. The van der Waals surface area contributed by atoms with Gasteiger partial charge in [-0.05, 0) is 30.5 Å². The molecule has 6 heteroatoms. The first-order valence-electron chi connectivity index (χ1n) is 6.19. The van der Waals surface area contributed by atoms with Crippen LogP contribution in [0.15, 0.2) is 24.3 Å². The molecule has 2 heterocycles. The zero-order chi connectivity index (χ0) is 13.4. The molecule has 1 atom stereocenters. The average Bonchev–Trinajstić information content (AvgIpc) is 2.78. The van der Waals surface area contributed by atoms with Crippen LogP contribution < -0.4 is 5.73 Å². The number of nitrogen functional groups attached to an aromatic ring is 1. The fourth-order valence-electron chi connectivity index (χ4n) is 2.53. The summed E-state index contributed by atoms with van der Waals surface area (Å²) >= 11 is 0. The minimum Gasteiger partial charge on any atom is -0.478 e. The van der Waals surface area contributed by atoms with E-state index in [9.17, 15) is 4.79 Å².